The molecule has 170 valence electrons. The lowest BCUT2D eigenvalue weighted by molar-refractivity contribution is 1.18. The third-order valence-corrected chi connectivity index (χ3v) is 7.89. The molecule has 36 heavy (non-hydrogen) atoms. The van der Waals surface area contributed by atoms with Gasteiger partial charge in [-0.15, -0.1) is 0 Å². The molecule has 0 spiro atoms. The molecule has 1 aromatic heterocycles. The van der Waals surface area contributed by atoms with Crippen molar-refractivity contribution in [2.45, 2.75) is 13.8 Å². The quantitative estimate of drug-likeness (QED) is 0.292. The number of nitrogens with one attached hydrogen (secondary N) is 2. The van der Waals surface area contributed by atoms with Crippen LogP contribution in [-0.4, -0.2) is 11.3 Å². The van der Waals surface area contributed by atoms with Crippen LogP contribution in [0.4, 0.5) is 22.7 Å². The molecule has 2 N–H and O–H groups in total. The first-order chi connectivity index (χ1) is 17.7. The van der Waals surface area contributed by atoms with Gasteiger partial charge in [0, 0.05) is 39.2 Å². The number of aryl methyl sites for hydroxylation is 2. The normalized spacial score (nSPS) is 13.1. The largest absolute Gasteiger partial charge is 0.356 e. The van der Waals surface area contributed by atoms with E-state index in [0.717, 1.165) is 0 Å². The highest BCUT2D eigenvalue weighted by molar-refractivity contribution is 7.00. The van der Waals surface area contributed by atoms with Gasteiger partial charge in [-0.3, -0.25) is 0 Å². The average Bonchev–Trinajstić information content (AvgIpc) is 3.21. The summed E-state index contributed by atoms with van der Waals surface area (Å²) in [4.78, 5) is 0. The highest BCUT2D eigenvalue weighted by atomic mass is 15.0. The molecule has 0 bridgehead atoms. The van der Waals surface area contributed by atoms with Crippen molar-refractivity contribution in [3.05, 3.63) is 108 Å². The van der Waals surface area contributed by atoms with Crippen molar-refractivity contribution in [3.63, 3.8) is 0 Å². The minimum absolute atomic E-state index is 0.211. The van der Waals surface area contributed by atoms with E-state index in [9.17, 15) is 0 Å². The first kappa shape index (κ1) is 19.8. The summed E-state index contributed by atoms with van der Waals surface area (Å²) < 4.78 is 2.41. The minimum Gasteiger partial charge on any atom is -0.356 e. The van der Waals surface area contributed by atoms with Crippen LogP contribution in [0.3, 0.4) is 0 Å². The molecule has 0 amide bonds. The van der Waals surface area contributed by atoms with Crippen LogP contribution in [0.25, 0.3) is 27.5 Å². The molecule has 3 heterocycles. The third kappa shape index (κ3) is 2.64. The monoisotopic (exact) mass is 461 g/mol. The van der Waals surface area contributed by atoms with Crippen LogP contribution in [0, 0.1) is 13.8 Å². The van der Waals surface area contributed by atoms with Crippen molar-refractivity contribution in [2.24, 2.45) is 0 Å². The molecular formula is C32H24BN3. The van der Waals surface area contributed by atoms with Crippen molar-refractivity contribution < 1.29 is 0 Å². The Hall–Kier alpha value is -4.44. The number of rotatable bonds is 1. The minimum atomic E-state index is 0.211. The van der Waals surface area contributed by atoms with Gasteiger partial charge in [0.1, 0.15) is 0 Å². The second-order valence-electron chi connectivity index (χ2n) is 10.2. The van der Waals surface area contributed by atoms with Gasteiger partial charge in [0.25, 0.3) is 6.71 Å². The Morgan fingerprint density at radius 1 is 0.556 bits per heavy atom. The summed E-state index contributed by atoms with van der Waals surface area (Å²) in [6.07, 6.45) is 0. The van der Waals surface area contributed by atoms with Gasteiger partial charge in [0.2, 0.25) is 0 Å². The van der Waals surface area contributed by atoms with Gasteiger partial charge < -0.3 is 15.2 Å². The fourth-order valence-corrected chi connectivity index (χ4v) is 6.30. The molecule has 3 nitrogen and oxygen atoms in total. The second kappa shape index (κ2) is 7.05. The van der Waals surface area contributed by atoms with E-state index >= 15 is 0 Å². The zero-order valence-corrected chi connectivity index (χ0v) is 20.3. The molecular weight excluding hydrogens is 437 g/mol. The Bertz CT molecular complexity index is 1820. The molecule has 6 aromatic rings. The molecule has 2 aliphatic rings. The molecule has 2 aliphatic heterocycles. The summed E-state index contributed by atoms with van der Waals surface area (Å²) in [7, 11) is 0. The first-order valence-corrected chi connectivity index (χ1v) is 12.6. The van der Waals surface area contributed by atoms with Crippen LogP contribution in [0.5, 0.6) is 0 Å². The standard InChI is InChI=1S/C32H24BN3/c1-19-10-14-30-22(16-19)23-17-20(2)11-15-31(23)36(30)21-12-13-25-29(18-21)35-28-9-5-8-27-32(28)33(25)24-6-3-4-7-26(24)34-27/h3-18,34-35H,1-2H3. The Morgan fingerprint density at radius 2 is 1.17 bits per heavy atom. The van der Waals surface area contributed by atoms with Gasteiger partial charge in [-0.1, -0.05) is 53.6 Å². The van der Waals surface area contributed by atoms with E-state index in [2.05, 4.69) is 126 Å². The van der Waals surface area contributed by atoms with Crippen molar-refractivity contribution in [1.29, 1.82) is 0 Å². The van der Waals surface area contributed by atoms with Crippen molar-refractivity contribution in [3.8, 4) is 5.69 Å². The smallest absolute Gasteiger partial charge is 0.252 e. The maximum atomic E-state index is 3.77. The maximum Gasteiger partial charge on any atom is 0.252 e. The van der Waals surface area contributed by atoms with E-state index in [4.69, 9.17) is 0 Å². The lowest BCUT2D eigenvalue weighted by Gasteiger charge is -2.34. The lowest BCUT2D eigenvalue weighted by atomic mass is 9.34. The van der Waals surface area contributed by atoms with Crippen LogP contribution in [-0.2, 0) is 0 Å². The molecule has 5 aromatic carbocycles. The molecule has 0 saturated carbocycles. The van der Waals surface area contributed by atoms with Crippen molar-refractivity contribution >= 4 is 67.7 Å². The van der Waals surface area contributed by atoms with E-state index in [1.54, 1.807) is 0 Å². The predicted octanol–water partition coefficient (Wildman–Crippen LogP) is 6.03. The van der Waals surface area contributed by atoms with E-state index < -0.39 is 0 Å². The Balaban J connectivity index is 1.38. The number of benzene rings is 5. The Morgan fingerprint density at radius 3 is 1.89 bits per heavy atom. The van der Waals surface area contributed by atoms with Crippen LogP contribution in [0.2, 0.25) is 0 Å². The Labute approximate surface area is 210 Å². The van der Waals surface area contributed by atoms with Crippen LogP contribution >= 0.6 is 0 Å². The molecule has 0 radical (unpaired) electrons. The molecule has 0 unspecified atom stereocenters. The molecule has 0 saturated heterocycles. The van der Waals surface area contributed by atoms with E-state index in [0.29, 0.717) is 0 Å². The van der Waals surface area contributed by atoms with Crippen LogP contribution in [0.1, 0.15) is 11.1 Å². The summed E-state index contributed by atoms with van der Waals surface area (Å²) in [5, 5.41) is 10.0. The third-order valence-electron chi connectivity index (χ3n) is 7.89. The summed E-state index contributed by atoms with van der Waals surface area (Å²) in [6, 6.07) is 35.7. The second-order valence-corrected chi connectivity index (χ2v) is 10.2. The van der Waals surface area contributed by atoms with Gasteiger partial charge in [0.15, 0.2) is 0 Å². The molecule has 8 rings (SSSR count). The molecule has 4 heteroatoms. The highest BCUT2D eigenvalue weighted by Gasteiger charge is 2.37. The number of anilines is 4. The Kier molecular flexibility index (Phi) is 3.88. The maximum absolute atomic E-state index is 3.77. The highest BCUT2D eigenvalue weighted by Crippen LogP contribution is 2.35. The van der Waals surface area contributed by atoms with E-state index in [-0.39, 0.29) is 6.71 Å². The van der Waals surface area contributed by atoms with Crippen molar-refractivity contribution in [2.75, 3.05) is 10.6 Å². The van der Waals surface area contributed by atoms with Gasteiger partial charge in [-0.05, 0) is 84.8 Å². The molecule has 0 atom stereocenters. The van der Waals surface area contributed by atoms with Gasteiger partial charge in [-0.2, -0.15) is 0 Å². The number of hydrogen-bond donors (Lipinski definition) is 2. The predicted molar refractivity (Wildman–Crippen MR) is 154 cm³/mol. The number of nitrogens with zero attached hydrogens (tertiary/aromatic N) is 1. The van der Waals surface area contributed by atoms with Gasteiger partial charge in [0.05, 0.1) is 11.0 Å². The van der Waals surface area contributed by atoms with E-state index in [1.165, 1.54) is 77.8 Å². The van der Waals surface area contributed by atoms with Crippen LogP contribution in [0.15, 0.2) is 97.1 Å². The number of para-hydroxylation sites is 1. The van der Waals surface area contributed by atoms with Gasteiger partial charge >= 0.3 is 0 Å². The van der Waals surface area contributed by atoms with E-state index in [1.807, 2.05) is 0 Å². The van der Waals surface area contributed by atoms with Crippen molar-refractivity contribution in [1.82, 2.24) is 4.57 Å². The summed E-state index contributed by atoms with van der Waals surface area (Å²) >= 11 is 0. The zero-order valence-electron chi connectivity index (χ0n) is 20.3. The topological polar surface area (TPSA) is 29.0 Å². The summed E-state index contributed by atoms with van der Waals surface area (Å²) in [6.45, 7) is 4.55. The summed E-state index contributed by atoms with van der Waals surface area (Å²) in [5.41, 5.74) is 14.9. The van der Waals surface area contributed by atoms with Crippen LogP contribution < -0.4 is 27.0 Å². The number of hydrogen-bond acceptors (Lipinski definition) is 2. The fraction of sp³-hybridized carbons (Fsp3) is 0.0625. The number of fused-ring (bicyclic) bond motifs is 7. The SMILES string of the molecule is Cc1ccc2c(c1)c1cc(C)ccc1n2-c1ccc2c(c1)Nc1cccc3c1B2c1ccccc1N3. The molecule has 0 fully saturated rings. The zero-order chi connectivity index (χ0) is 24.0. The summed E-state index contributed by atoms with van der Waals surface area (Å²) in [5.74, 6) is 0. The average molecular weight is 461 g/mol. The fourth-order valence-electron chi connectivity index (χ4n) is 6.30. The molecule has 0 aliphatic carbocycles. The first-order valence-electron chi connectivity index (χ1n) is 12.6. The van der Waals surface area contributed by atoms with Gasteiger partial charge in [-0.25, -0.2) is 0 Å². The lowest BCUT2D eigenvalue weighted by Crippen LogP contribution is -2.58. The number of aromatic nitrogens is 1.